The van der Waals surface area contributed by atoms with Crippen LogP contribution < -0.4 is 0 Å². The minimum Gasteiger partial charge on any atom is -0.465 e. The van der Waals surface area contributed by atoms with Crippen LogP contribution in [0.4, 0.5) is 0 Å². The fourth-order valence-corrected chi connectivity index (χ4v) is 1.51. The SMILES string of the molecule is CCOC(=O)c1ccc(/C=C/c2ccco2)cc1. The monoisotopic (exact) mass is 242 g/mol. The molecule has 0 spiro atoms. The van der Waals surface area contributed by atoms with Crippen LogP contribution in [-0.2, 0) is 4.74 Å². The third-order valence-corrected chi connectivity index (χ3v) is 2.41. The quantitative estimate of drug-likeness (QED) is 0.768. The Bertz CT molecular complexity index is 521. The van der Waals surface area contributed by atoms with Crippen LogP contribution in [0.25, 0.3) is 12.2 Å². The fraction of sp³-hybridized carbons (Fsp3) is 0.133. The standard InChI is InChI=1S/C15H14O3/c1-2-17-15(16)13-8-5-12(6-9-13)7-10-14-4-3-11-18-14/h3-11H,2H2,1H3/b10-7+. The van der Waals surface area contributed by atoms with Crippen LogP contribution in [0.3, 0.4) is 0 Å². The lowest BCUT2D eigenvalue weighted by Crippen LogP contribution is -2.03. The molecule has 1 aromatic carbocycles. The minimum absolute atomic E-state index is 0.293. The lowest BCUT2D eigenvalue weighted by molar-refractivity contribution is 0.0526. The third kappa shape index (κ3) is 3.10. The summed E-state index contributed by atoms with van der Waals surface area (Å²) < 4.78 is 10.1. The number of rotatable bonds is 4. The zero-order chi connectivity index (χ0) is 12.8. The van der Waals surface area contributed by atoms with Gasteiger partial charge in [0.15, 0.2) is 0 Å². The number of carbonyl (C=O) groups excluding carboxylic acids is 1. The number of furan rings is 1. The van der Waals surface area contributed by atoms with Crippen LogP contribution in [0, 0.1) is 0 Å². The van der Waals surface area contributed by atoms with Crippen molar-refractivity contribution in [3.8, 4) is 0 Å². The summed E-state index contributed by atoms with van der Waals surface area (Å²) in [5.41, 5.74) is 1.56. The first kappa shape index (κ1) is 12.2. The van der Waals surface area contributed by atoms with E-state index in [1.807, 2.05) is 36.4 Å². The van der Waals surface area contributed by atoms with Crippen LogP contribution in [0.2, 0.25) is 0 Å². The molecule has 0 aliphatic carbocycles. The number of hydrogen-bond acceptors (Lipinski definition) is 3. The Kier molecular flexibility index (Phi) is 3.97. The highest BCUT2D eigenvalue weighted by molar-refractivity contribution is 5.89. The maximum absolute atomic E-state index is 11.4. The highest BCUT2D eigenvalue weighted by Crippen LogP contribution is 2.10. The summed E-state index contributed by atoms with van der Waals surface area (Å²) in [4.78, 5) is 11.4. The van der Waals surface area contributed by atoms with Crippen LogP contribution in [0.1, 0.15) is 28.6 Å². The number of hydrogen-bond donors (Lipinski definition) is 0. The van der Waals surface area contributed by atoms with Crippen molar-refractivity contribution < 1.29 is 13.9 Å². The van der Waals surface area contributed by atoms with Gasteiger partial charge >= 0.3 is 5.97 Å². The topological polar surface area (TPSA) is 39.4 Å². The molecule has 18 heavy (non-hydrogen) atoms. The van der Waals surface area contributed by atoms with Gasteiger partial charge < -0.3 is 9.15 Å². The number of esters is 1. The van der Waals surface area contributed by atoms with E-state index >= 15 is 0 Å². The lowest BCUT2D eigenvalue weighted by Gasteiger charge is -2.01. The maximum Gasteiger partial charge on any atom is 0.338 e. The van der Waals surface area contributed by atoms with Crippen LogP contribution in [0.15, 0.2) is 47.1 Å². The first-order valence-electron chi connectivity index (χ1n) is 5.78. The molecular weight excluding hydrogens is 228 g/mol. The highest BCUT2D eigenvalue weighted by Gasteiger charge is 2.04. The Labute approximate surface area is 106 Å². The van der Waals surface area contributed by atoms with E-state index in [1.165, 1.54) is 0 Å². The molecule has 0 aliphatic rings. The molecule has 1 aromatic heterocycles. The number of ether oxygens (including phenoxy) is 1. The van der Waals surface area contributed by atoms with Crippen molar-refractivity contribution in [3.63, 3.8) is 0 Å². The van der Waals surface area contributed by atoms with Crippen molar-refractivity contribution in [2.75, 3.05) is 6.61 Å². The molecule has 0 radical (unpaired) electrons. The molecule has 0 aliphatic heterocycles. The second-order valence-electron chi connectivity index (χ2n) is 3.69. The minimum atomic E-state index is -0.293. The average Bonchev–Trinajstić information content (AvgIpc) is 2.90. The van der Waals surface area contributed by atoms with Crippen LogP contribution in [0.5, 0.6) is 0 Å². The number of benzene rings is 1. The molecule has 3 heteroatoms. The van der Waals surface area contributed by atoms with Gasteiger partial charge in [-0.3, -0.25) is 0 Å². The molecule has 0 N–H and O–H groups in total. The van der Waals surface area contributed by atoms with Gasteiger partial charge in [-0.2, -0.15) is 0 Å². The molecule has 1 heterocycles. The van der Waals surface area contributed by atoms with E-state index in [0.717, 1.165) is 11.3 Å². The molecular formula is C15H14O3. The van der Waals surface area contributed by atoms with E-state index < -0.39 is 0 Å². The van der Waals surface area contributed by atoms with E-state index in [1.54, 1.807) is 25.3 Å². The number of carbonyl (C=O) groups is 1. The molecule has 2 aromatic rings. The Hall–Kier alpha value is -2.29. The van der Waals surface area contributed by atoms with Gasteiger partial charge in [-0.15, -0.1) is 0 Å². The summed E-state index contributed by atoms with van der Waals surface area (Å²) in [6.07, 6.45) is 5.43. The third-order valence-electron chi connectivity index (χ3n) is 2.41. The molecule has 3 nitrogen and oxygen atoms in total. The summed E-state index contributed by atoms with van der Waals surface area (Å²) >= 11 is 0. The molecule has 2 rings (SSSR count). The van der Waals surface area contributed by atoms with E-state index in [4.69, 9.17) is 9.15 Å². The van der Waals surface area contributed by atoms with E-state index in [-0.39, 0.29) is 5.97 Å². The highest BCUT2D eigenvalue weighted by atomic mass is 16.5. The van der Waals surface area contributed by atoms with E-state index in [2.05, 4.69) is 0 Å². The van der Waals surface area contributed by atoms with Gasteiger partial charge in [-0.25, -0.2) is 4.79 Å². The molecule has 0 saturated heterocycles. The van der Waals surface area contributed by atoms with Gasteiger partial charge in [0.2, 0.25) is 0 Å². The van der Waals surface area contributed by atoms with Crippen molar-refractivity contribution in [2.24, 2.45) is 0 Å². The molecule has 0 atom stereocenters. The first-order chi connectivity index (χ1) is 8.79. The van der Waals surface area contributed by atoms with E-state index in [9.17, 15) is 4.79 Å². The molecule has 0 unspecified atom stereocenters. The largest absolute Gasteiger partial charge is 0.465 e. The van der Waals surface area contributed by atoms with E-state index in [0.29, 0.717) is 12.2 Å². The molecule has 0 fully saturated rings. The summed E-state index contributed by atoms with van der Waals surface area (Å²) in [6, 6.07) is 10.9. The zero-order valence-corrected chi connectivity index (χ0v) is 10.1. The summed E-state index contributed by atoms with van der Waals surface area (Å²) in [7, 11) is 0. The van der Waals surface area contributed by atoms with Crippen LogP contribution in [-0.4, -0.2) is 12.6 Å². The summed E-state index contributed by atoms with van der Waals surface area (Å²) in [5, 5.41) is 0. The van der Waals surface area contributed by atoms with Gasteiger partial charge in [-0.1, -0.05) is 18.2 Å². The van der Waals surface area contributed by atoms with Crippen molar-refractivity contribution in [1.29, 1.82) is 0 Å². The molecule has 92 valence electrons. The summed E-state index contributed by atoms with van der Waals surface area (Å²) in [5.74, 6) is 0.503. The molecule has 0 saturated carbocycles. The van der Waals surface area contributed by atoms with Crippen molar-refractivity contribution in [2.45, 2.75) is 6.92 Å². The lowest BCUT2D eigenvalue weighted by atomic mass is 10.1. The zero-order valence-electron chi connectivity index (χ0n) is 10.1. The van der Waals surface area contributed by atoms with Crippen molar-refractivity contribution >= 4 is 18.1 Å². The normalized spacial score (nSPS) is 10.7. The second kappa shape index (κ2) is 5.87. The Morgan fingerprint density at radius 2 is 2.00 bits per heavy atom. The van der Waals surface area contributed by atoms with Crippen molar-refractivity contribution in [3.05, 3.63) is 59.5 Å². The van der Waals surface area contributed by atoms with Gasteiger partial charge in [-0.05, 0) is 42.8 Å². The van der Waals surface area contributed by atoms with Gasteiger partial charge in [0.1, 0.15) is 5.76 Å². The maximum atomic E-state index is 11.4. The molecule has 0 amide bonds. The second-order valence-corrected chi connectivity index (χ2v) is 3.69. The smallest absolute Gasteiger partial charge is 0.338 e. The Morgan fingerprint density at radius 1 is 1.22 bits per heavy atom. The van der Waals surface area contributed by atoms with Crippen molar-refractivity contribution in [1.82, 2.24) is 0 Å². The molecule has 0 bridgehead atoms. The fourth-order valence-electron chi connectivity index (χ4n) is 1.51. The summed E-state index contributed by atoms with van der Waals surface area (Å²) in [6.45, 7) is 2.18. The predicted octanol–water partition coefficient (Wildman–Crippen LogP) is 3.63. The van der Waals surface area contributed by atoms with Gasteiger partial charge in [0.05, 0.1) is 18.4 Å². The Morgan fingerprint density at radius 3 is 2.61 bits per heavy atom. The first-order valence-corrected chi connectivity index (χ1v) is 5.78. The predicted molar refractivity (Wildman–Crippen MR) is 70.0 cm³/mol. The van der Waals surface area contributed by atoms with Gasteiger partial charge in [0, 0.05) is 0 Å². The Balaban J connectivity index is 2.06. The van der Waals surface area contributed by atoms with Crippen LogP contribution >= 0.6 is 0 Å². The average molecular weight is 242 g/mol. The van der Waals surface area contributed by atoms with Gasteiger partial charge in [0.25, 0.3) is 0 Å².